The number of para-hydroxylation sites is 1. The molecule has 3 aromatic rings. The number of benzene rings is 2. The summed E-state index contributed by atoms with van der Waals surface area (Å²) in [5.41, 5.74) is 1.89. The van der Waals surface area contributed by atoms with E-state index in [4.69, 9.17) is 16.6 Å². The molecule has 0 aliphatic carbocycles. The van der Waals surface area contributed by atoms with Gasteiger partial charge in [0.2, 0.25) is 0 Å². The number of thiazole rings is 1. The molecule has 1 amide bonds. The summed E-state index contributed by atoms with van der Waals surface area (Å²) in [6, 6.07) is 15.5. The summed E-state index contributed by atoms with van der Waals surface area (Å²) in [6.45, 7) is 7.09. The molecule has 0 saturated carbocycles. The Balaban J connectivity index is 1.29. The number of nitrogens with zero attached hydrogens (tertiary/aromatic N) is 1. The Kier molecular flexibility index (Phi) is 5.92. The van der Waals surface area contributed by atoms with E-state index in [9.17, 15) is 4.79 Å². The fraction of sp³-hybridized carbons (Fsp3) is 0.333. The van der Waals surface area contributed by atoms with Gasteiger partial charge in [0, 0.05) is 10.7 Å². The van der Waals surface area contributed by atoms with Gasteiger partial charge in [0.15, 0.2) is 6.04 Å². The monoisotopic (exact) mass is 416 g/mol. The molecule has 1 aliphatic rings. The third-order valence-electron chi connectivity index (χ3n) is 5.46. The first-order valence-electron chi connectivity index (χ1n) is 9.67. The van der Waals surface area contributed by atoms with Gasteiger partial charge in [-0.05, 0) is 43.3 Å². The van der Waals surface area contributed by atoms with Gasteiger partial charge in [-0.25, -0.2) is 4.98 Å². The number of nitrogens with one attached hydrogen (secondary N) is 3. The zero-order valence-electron chi connectivity index (χ0n) is 15.9. The quantitative estimate of drug-likeness (QED) is 0.586. The Hall–Kier alpha value is -1.99. The van der Waals surface area contributed by atoms with Crippen molar-refractivity contribution in [3.8, 4) is 0 Å². The number of halogens is 1. The van der Waals surface area contributed by atoms with Crippen molar-refractivity contribution in [2.45, 2.75) is 19.5 Å². The predicted octanol–water partition coefficient (Wildman–Crippen LogP) is 1.26. The molecule has 2 aromatic carbocycles. The fourth-order valence-corrected chi connectivity index (χ4v) is 4.88. The highest BCUT2D eigenvalue weighted by atomic mass is 35.5. The number of hydrogen-bond donors (Lipinski definition) is 3. The minimum atomic E-state index is -0.0697. The first kappa shape index (κ1) is 19.3. The zero-order chi connectivity index (χ0) is 19.5. The van der Waals surface area contributed by atoms with Crippen LogP contribution in [0.15, 0.2) is 48.5 Å². The fourth-order valence-electron chi connectivity index (χ4n) is 3.71. The lowest BCUT2D eigenvalue weighted by atomic mass is 10.2. The van der Waals surface area contributed by atoms with Gasteiger partial charge in [0.05, 0.1) is 10.2 Å². The van der Waals surface area contributed by atoms with Crippen LogP contribution >= 0.6 is 22.9 Å². The molecule has 1 fully saturated rings. The highest BCUT2D eigenvalue weighted by Gasteiger charge is 2.31. The van der Waals surface area contributed by atoms with E-state index >= 15 is 0 Å². The third kappa shape index (κ3) is 4.52. The van der Waals surface area contributed by atoms with Crippen LogP contribution in [0.4, 0.5) is 5.69 Å². The smallest absolute Gasteiger partial charge is 0.282 e. The Morgan fingerprint density at radius 3 is 2.57 bits per heavy atom. The van der Waals surface area contributed by atoms with E-state index in [1.54, 1.807) is 28.4 Å². The lowest BCUT2D eigenvalue weighted by molar-refractivity contribution is -1.02. The Morgan fingerprint density at radius 2 is 1.86 bits per heavy atom. The van der Waals surface area contributed by atoms with Crippen molar-refractivity contribution in [3.05, 3.63) is 58.6 Å². The first-order chi connectivity index (χ1) is 13.6. The Morgan fingerprint density at radius 1 is 1.14 bits per heavy atom. The lowest BCUT2D eigenvalue weighted by Gasteiger charge is -2.32. The van der Waals surface area contributed by atoms with Crippen molar-refractivity contribution in [1.82, 2.24) is 4.98 Å². The van der Waals surface area contributed by atoms with Crippen LogP contribution < -0.4 is 15.1 Å². The van der Waals surface area contributed by atoms with Gasteiger partial charge >= 0.3 is 0 Å². The largest absolute Gasteiger partial charge is 0.321 e. The standard InChI is InChI=1S/C21H23ClN4OS/c1-15(21(27)23-17-8-6-16(22)7-9-17)26-12-10-25(11-13-26)14-20-24-18-4-2-3-5-19(18)28-20/h2-9,15H,10-14H2,1H3,(H,23,27)/p+2/t15-/m1/s1. The van der Waals surface area contributed by atoms with Crippen LogP contribution in [0.5, 0.6) is 0 Å². The molecule has 146 valence electrons. The van der Waals surface area contributed by atoms with E-state index in [-0.39, 0.29) is 11.9 Å². The van der Waals surface area contributed by atoms with Crippen molar-refractivity contribution in [3.63, 3.8) is 0 Å². The first-order valence-corrected chi connectivity index (χ1v) is 10.9. The Labute approximate surface area is 173 Å². The van der Waals surface area contributed by atoms with Crippen molar-refractivity contribution in [2.24, 2.45) is 0 Å². The number of quaternary nitrogens is 2. The molecule has 1 aromatic heterocycles. The molecule has 7 heteroatoms. The van der Waals surface area contributed by atoms with Crippen LogP contribution in [0.3, 0.4) is 0 Å². The van der Waals surface area contributed by atoms with Crippen molar-refractivity contribution in [1.29, 1.82) is 0 Å². The molecule has 0 unspecified atom stereocenters. The summed E-state index contributed by atoms with van der Waals surface area (Å²) < 4.78 is 1.26. The maximum absolute atomic E-state index is 12.6. The molecule has 0 bridgehead atoms. The van der Waals surface area contributed by atoms with Crippen molar-refractivity contribution >= 4 is 44.7 Å². The molecule has 1 atom stereocenters. The van der Waals surface area contributed by atoms with E-state index in [2.05, 4.69) is 23.5 Å². The second-order valence-corrected chi connectivity index (χ2v) is 8.93. The van der Waals surface area contributed by atoms with Crippen LogP contribution in [0.1, 0.15) is 11.9 Å². The molecule has 2 heterocycles. The van der Waals surface area contributed by atoms with Gasteiger partial charge in [-0.2, -0.15) is 0 Å². The molecule has 1 saturated heterocycles. The van der Waals surface area contributed by atoms with Crippen molar-refractivity contribution in [2.75, 3.05) is 31.5 Å². The molecule has 0 spiro atoms. The lowest BCUT2D eigenvalue weighted by Crippen LogP contribution is -3.29. The number of fused-ring (bicyclic) bond motifs is 1. The summed E-state index contributed by atoms with van der Waals surface area (Å²) in [7, 11) is 0. The number of amides is 1. The van der Waals surface area contributed by atoms with Crippen LogP contribution in [0.2, 0.25) is 5.02 Å². The number of hydrogen-bond acceptors (Lipinski definition) is 3. The highest BCUT2D eigenvalue weighted by molar-refractivity contribution is 7.18. The van der Waals surface area contributed by atoms with E-state index in [1.165, 1.54) is 14.6 Å². The number of carbonyl (C=O) groups is 1. The van der Waals surface area contributed by atoms with Gasteiger partial charge in [-0.1, -0.05) is 23.7 Å². The molecule has 0 radical (unpaired) electrons. The molecule has 1 aliphatic heterocycles. The molecular weight excluding hydrogens is 392 g/mol. The summed E-state index contributed by atoms with van der Waals surface area (Å²) in [6.07, 6.45) is 0. The van der Waals surface area contributed by atoms with E-state index < -0.39 is 0 Å². The van der Waals surface area contributed by atoms with Crippen LogP contribution in [-0.2, 0) is 11.3 Å². The van der Waals surface area contributed by atoms with Crippen molar-refractivity contribution < 1.29 is 14.6 Å². The second-order valence-electron chi connectivity index (χ2n) is 7.38. The number of carbonyl (C=O) groups excluding carboxylic acids is 1. The number of anilines is 1. The minimum absolute atomic E-state index is 0.0620. The van der Waals surface area contributed by atoms with Gasteiger partial charge in [-0.15, -0.1) is 11.3 Å². The normalized spacial score (nSPS) is 20.8. The van der Waals surface area contributed by atoms with Gasteiger partial charge in [0.1, 0.15) is 37.7 Å². The number of aromatic nitrogens is 1. The van der Waals surface area contributed by atoms with E-state index in [1.807, 2.05) is 25.1 Å². The van der Waals surface area contributed by atoms with Gasteiger partial charge < -0.3 is 15.1 Å². The van der Waals surface area contributed by atoms with E-state index in [0.717, 1.165) is 43.9 Å². The average Bonchev–Trinajstić information content (AvgIpc) is 3.12. The summed E-state index contributed by atoms with van der Waals surface area (Å²) in [4.78, 5) is 20.2. The van der Waals surface area contributed by atoms with Crippen LogP contribution in [0, 0.1) is 0 Å². The SMILES string of the molecule is C[C@H](C(=O)Nc1ccc(Cl)cc1)[NH+]1CC[NH+](Cc2nc3ccccc3s2)CC1. The molecule has 5 nitrogen and oxygen atoms in total. The summed E-state index contributed by atoms with van der Waals surface area (Å²) >= 11 is 7.70. The molecular formula is C21H25ClN4OS+2. The number of piperazine rings is 1. The maximum atomic E-state index is 12.6. The number of rotatable bonds is 5. The Bertz CT molecular complexity index is 917. The van der Waals surface area contributed by atoms with Crippen LogP contribution in [0.25, 0.3) is 10.2 Å². The third-order valence-corrected chi connectivity index (χ3v) is 6.74. The predicted molar refractivity (Wildman–Crippen MR) is 114 cm³/mol. The maximum Gasteiger partial charge on any atom is 0.282 e. The summed E-state index contributed by atoms with van der Waals surface area (Å²) in [5.74, 6) is 0.0620. The second kappa shape index (κ2) is 8.57. The van der Waals surface area contributed by atoms with Gasteiger partial charge in [-0.3, -0.25) is 4.79 Å². The zero-order valence-corrected chi connectivity index (χ0v) is 17.4. The average molecular weight is 417 g/mol. The summed E-state index contributed by atoms with van der Waals surface area (Å²) in [5, 5.41) is 4.87. The van der Waals surface area contributed by atoms with Gasteiger partial charge in [0.25, 0.3) is 5.91 Å². The topological polar surface area (TPSA) is 50.9 Å². The molecule has 28 heavy (non-hydrogen) atoms. The van der Waals surface area contributed by atoms with E-state index in [0.29, 0.717) is 5.02 Å². The van der Waals surface area contributed by atoms with Crippen LogP contribution in [-0.4, -0.2) is 43.1 Å². The molecule has 3 N–H and O–H groups in total. The molecule has 4 rings (SSSR count). The minimum Gasteiger partial charge on any atom is -0.321 e. The highest BCUT2D eigenvalue weighted by Crippen LogP contribution is 2.20.